The van der Waals surface area contributed by atoms with Crippen LogP contribution >= 0.6 is 0 Å². The second-order valence-corrected chi connectivity index (χ2v) is 13.2. The van der Waals surface area contributed by atoms with Gasteiger partial charge in [-0.2, -0.15) is 0 Å². The Bertz CT molecular complexity index is 184. The fraction of sp³-hybridized carbons (Fsp3) is 0.250. The second kappa shape index (κ2) is 3.97. The monoisotopic (exact) mass is 216 g/mol. The van der Waals surface area contributed by atoms with Gasteiger partial charge in [-0.25, -0.2) is 0 Å². The molecule has 1 aromatic carbocycles. The zero-order valence-corrected chi connectivity index (χ0v) is 9.24. The van der Waals surface area contributed by atoms with Crippen LogP contribution in [0.4, 0.5) is 0 Å². The van der Waals surface area contributed by atoms with E-state index in [0.29, 0.717) is 0 Å². The van der Waals surface area contributed by atoms with E-state index >= 15 is 0 Å². The molecule has 1 aromatic rings. The van der Waals surface area contributed by atoms with E-state index in [9.17, 15) is 0 Å². The van der Waals surface area contributed by atoms with Crippen LogP contribution in [0, 0.1) is 0 Å². The minimum atomic E-state index is -0.335. The van der Waals surface area contributed by atoms with Gasteiger partial charge >= 0.3 is 69.6 Å². The van der Waals surface area contributed by atoms with Gasteiger partial charge in [-0.05, 0) is 0 Å². The summed E-state index contributed by atoms with van der Waals surface area (Å²) in [7, 11) is -0.335. The molecule has 1 rings (SSSR count). The van der Waals surface area contributed by atoms with Gasteiger partial charge < -0.3 is 0 Å². The molecule has 0 saturated carbocycles. The summed E-state index contributed by atoms with van der Waals surface area (Å²) in [4.78, 5) is 0. The van der Waals surface area contributed by atoms with E-state index in [2.05, 4.69) is 43.4 Å². The van der Waals surface area contributed by atoms with Gasteiger partial charge in [0.15, 0.2) is 0 Å². The molecule has 0 unspecified atom stereocenters. The van der Waals surface area contributed by atoms with Crippen molar-refractivity contribution in [3.05, 3.63) is 30.3 Å². The standard InChI is InChI=1S/C8H12SeSi/c1-10(2)9-8-6-4-3-5-7-8/h3-7,10H,1-2H3. The van der Waals surface area contributed by atoms with Gasteiger partial charge in [-0.3, -0.25) is 0 Å². The van der Waals surface area contributed by atoms with Crippen molar-refractivity contribution in [3.63, 3.8) is 0 Å². The zero-order valence-electron chi connectivity index (χ0n) is 6.37. The maximum absolute atomic E-state index is 2.41. The topological polar surface area (TPSA) is 0 Å². The molecular formula is C8H12SeSi. The fourth-order valence-electron chi connectivity index (χ4n) is 0.771. The first-order chi connectivity index (χ1) is 4.79. The van der Waals surface area contributed by atoms with Gasteiger partial charge in [-0.15, -0.1) is 0 Å². The van der Waals surface area contributed by atoms with Crippen molar-refractivity contribution in [2.45, 2.75) is 13.1 Å². The molecule has 0 saturated heterocycles. The van der Waals surface area contributed by atoms with Crippen molar-refractivity contribution in [2.75, 3.05) is 0 Å². The molecule has 0 atom stereocenters. The van der Waals surface area contributed by atoms with Crippen LogP contribution in [0.1, 0.15) is 0 Å². The molecule has 0 heterocycles. The van der Waals surface area contributed by atoms with Crippen molar-refractivity contribution in [2.24, 2.45) is 0 Å². The first kappa shape index (κ1) is 8.06. The molecule has 0 amide bonds. The predicted octanol–water partition coefficient (Wildman–Crippen LogP) is 0.999. The molecular weight excluding hydrogens is 203 g/mol. The van der Waals surface area contributed by atoms with Crippen LogP contribution in [-0.4, -0.2) is 21.7 Å². The Morgan fingerprint density at radius 3 is 2.20 bits per heavy atom. The second-order valence-electron chi connectivity index (χ2n) is 2.48. The molecule has 54 valence electrons. The number of rotatable bonds is 2. The third-order valence-corrected chi connectivity index (χ3v) is 7.11. The van der Waals surface area contributed by atoms with Crippen LogP contribution in [0.25, 0.3) is 0 Å². The summed E-state index contributed by atoms with van der Waals surface area (Å²) in [6, 6.07) is 10.8. The van der Waals surface area contributed by atoms with Gasteiger partial charge in [0.05, 0.1) is 0 Å². The molecule has 0 aliphatic rings. The van der Waals surface area contributed by atoms with Crippen molar-refractivity contribution in [1.82, 2.24) is 0 Å². The predicted molar refractivity (Wildman–Crippen MR) is 50.7 cm³/mol. The Morgan fingerprint density at radius 1 is 1.10 bits per heavy atom. The normalized spacial score (nSPS) is 10.3. The van der Waals surface area contributed by atoms with Crippen LogP contribution in [0.2, 0.25) is 13.1 Å². The fourth-order valence-corrected chi connectivity index (χ4v) is 6.22. The van der Waals surface area contributed by atoms with Crippen LogP contribution in [0.3, 0.4) is 0 Å². The zero-order chi connectivity index (χ0) is 7.40. The van der Waals surface area contributed by atoms with E-state index in [1.165, 1.54) is 0 Å². The Hall–Kier alpha value is -0.0436. The average Bonchev–Trinajstić information content (AvgIpc) is 1.88. The third-order valence-electron chi connectivity index (χ3n) is 1.11. The Morgan fingerprint density at radius 2 is 1.70 bits per heavy atom. The Balaban J connectivity index is 2.59. The Kier molecular flexibility index (Phi) is 3.20. The summed E-state index contributed by atoms with van der Waals surface area (Å²) in [6.07, 6.45) is 0. The molecule has 10 heavy (non-hydrogen) atoms. The summed E-state index contributed by atoms with van der Waals surface area (Å²) in [6.45, 7) is 4.82. The summed E-state index contributed by atoms with van der Waals surface area (Å²) in [5.41, 5.74) is 0. The van der Waals surface area contributed by atoms with Gasteiger partial charge in [0.25, 0.3) is 0 Å². The van der Waals surface area contributed by atoms with E-state index in [-0.39, 0.29) is 7.40 Å². The number of benzene rings is 1. The van der Waals surface area contributed by atoms with E-state index < -0.39 is 0 Å². The molecule has 0 spiro atoms. The van der Waals surface area contributed by atoms with Gasteiger partial charge in [0.1, 0.15) is 0 Å². The van der Waals surface area contributed by atoms with Crippen LogP contribution in [0.5, 0.6) is 0 Å². The van der Waals surface area contributed by atoms with E-state index in [0.717, 1.165) is 14.3 Å². The number of hydrogen-bond donors (Lipinski definition) is 0. The van der Waals surface area contributed by atoms with Crippen LogP contribution < -0.4 is 4.46 Å². The molecule has 0 bridgehead atoms. The molecule has 2 heteroatoms. The van der Waals surface area contributed by atoms with Gasteiger partial charge in [-0.1, -0.05) is 0 Å². The molecule has 0 fully saturated rings. The van der Waals surface area contributed by atoms with Crippen LogP contribution in [-0.2, 0) is 0 Å². The summed E-state index contributed by atoms with van der Waals surface area (Å²) < 4.78 is 1.57. The summed E-state index contributed by atoms with van der Waals surface area (Å²) in [5, 5.41) is 0. The summed E-state index contributed by atoms with van der Waals surface area (Å²) in [5.74, 6) is 0. The molecule has 0 radical (unpaired) electrons. The van der Waals surface area contributed by atoms with Crippen molar-refractivity contribution >= 4 is 26.2 Å². The van der Waals surface area contributed by atoms with Crippen molar-refractivity contribution < 1.29 is 0 Å². The van der Waals surface area contributed by atoms with E-state index in [4.69, 9.17) is 0 Å². The molecule has 0 nitrogen and oxygen atoms in total. The molecule has 0 N–H and O–H groups in total. The average molecular weight is 215 g/mol. The first-order valence-electron chi connectivity index (χ1n) is 3.51. The maximum atomic E-state index is 2.41. The first-order valence-corrected chi connectivity index (χ1v) is 10.1. The van der Waals surface area contributed by atoms with Gasteiger partial charge in [0, 0.05) is 0 Å². The molecule has 0 aliphatic carbocycles. The van der Waals surface area contributed by atoms with Crippen molar-refractivity contribution in [1.29, 1.82) is 0 Å². The third kappa shape index (κ3) is 2.69. The summed E-state index contributed by atoms with van der Waals surface area (Å²) >= 11 is 0.807. The number of hydrogen-bond acceptors (Lipinski definition) is 0. The van der Waals surface area contributed by atoms with Gasteiger partial charge in [0.2, 0.25) is 0 Å². The van der Waals surface area contributed by atoms with E-state index in [1.54, 1.807) is 4.46 Å². The molecule has 0 aromatic heterocycles. The quantitative estimate of drug-likeness (QED) is 0.646. The van der Waals surface area contributed by atoms with E-state index in [1.807, 2.05) is 0 Å². The van der Waals surface area contributed by atoms with Crippen molar-refractivity contribution in [3.8, 4) is 0 Å². The molecule has 0 aliphatic heterocycles. The minimum absolute atomic E-state index is 0.335. The van der Waals surface area contributed by atoms with Crippen LogP contribution in [0.15, 0.2) is 30.3 Å². The SMILES string of the molecule is C[SiH](C)[Se]c1ccccc1. The Labute approximate surface area is 69.9 Å².